The molecule has 0 amide bonds. The van der Waals surface area contributed by atoms with E-state index in [1.165, 1.54) is 25.7 Å². The number of carbonyl (C=O) groups excluding carboxylic acids is 1. The van der Waals surface area contributed by atoms with Gasteiger partial charge in [-0.05, 0) is 109 Å². The van der Waals surface area contributed by atoms with Crippen LogP contribution < -0.4 is 5.73 Å². The number of methoxy groups -OCH3 is 1. The van der Waals surface area contributed by atoms with Gasteiger partial charge in [-0.25, -0.2) is 0 Å². The van der Waals surface area contributed by atoms with Gasteiger partial charge in [0.15, 0.2) is 0 Å². The Morgan fingerprint density at radius 2 is 1.59 bits per heavy atom. The molecular formula is C31H51NO2. The lowest BCUT2D eigenvalue weighted by atomic mass is 9.33. The van der Waals surface area contributed by atoms with Gasteiger partial charge in [-0.2, -0.15) is 0 Å². The highest BCUT2D eigenvalue weighted by molar-refractivity contribution is 5.78. The number of nitrogens with two attached hydrogens (primary N) is 1. The van der Waals surface area contributed by atoms with Crippen LogP contribution in [-0.4, -0.2) is 19.1 Å². The van der Waals surface area contributed by atoms with Gasteiger partial charge in [0.25, 0.3) is 0 Å². The topological polar surface area (TPSA) is 52.3 Å². The smallest absolute Gasteiger partial charge is 0.312 e. The molecule has 0 aliphatic heterocycles. The Morgan fingerprint density at radius 3 is 2.26 bits per heavy atom. The van der Waals surface area contributed by atoms with Gasteiger partial charge in [0.1, 0.15) is 0 Å². The Bertz CT molecular complexity index is 903. The molecule has 8 atom stereocenters. The molecule has 0 bridgehead atoms. The van der Waals surface area contributed by atoms with Crippen molar-refractivity contribution in [3.8, 4) is 0 Å². The first-order valence-corrected chi connectivity index (χ1v) is 14.2. The second kappa shape index (κ2) is 7.36. The molecular weight excluding hydrogens is 418 g/mol. The molecule has 3 nitrogen and oxygen atoms in total. The largest absolute Gasteiger partial charge is 0.469 e. The molecule has 0 spiro atoms. The molecule has 0 aromatic heterocycles. The number of fused-ring (bicyclic) bond motifs is 7. The normalized spacial score (nSPS) is 51.1. The van der Waals surface area contributed by atoms with E-state index >= 15 is 0 Å². The lowest BCUT2D eigenvalue weighted by Gasteiger charge is -2.71. The molecule has 5 rings (SSSR count). The standard InChI is InChI=1S/C31H51NO2/c1-26(2)15-17-31(25(33)34-8)18-16-29(6)20(21(31)19-26)9-10-23-28(5)13-12-24(32)27(3,4)22(28)11-14-30(23,29)7/h9,21-24H,10-19,32H2,1-8H3/t21-,22-,23+,24-,28-,29+,30+,31-/m0/s1. The van der Waals surface area contributed by atoms with Gasteiger partial charge in [-0.1, -0.05) is 60.1 Å². The molecule has 0 radical (unpaired) electrons. The zero-order chi connectivity index (χ0) is 24.9. The number of hydrogen-bond donors (Lipinski definition) is 1. The van der Waals surface area contributed by atoms with Crippen LogP contribution in [0.15, 0.2) is 11.6 Å². The fraction of sp³-hybridized carbons (Fsp3) is 0.903. The lowest BCUT2D eigenvalue weighted by Crippen LogP contribution is -2.65. The maximum absolute atomic E-state index is 13.4. The third-order valence-corrected chi connectivity index (χ3v) is 13.3. The van der Waals surface area contributed by atoms with E-state index in [2.05, 4.69) is 54.5 Å². The Balaban J connectivity index is 1.60. The Hall–Kier alpha value is -0.830. The van der Waals surface area contributed by atoms with E-state index in [9.17, 15) is 4.79 Å². The zero-order valence-electron chi connectivity index (χ0n) is 23.4. The Morgan fingerprint density at radius 1 is 0.912 bits per heavy atom. The van der Waals surface area contributed by atoms with Gasteiger partial charge >= 0.3 is 5.97 Å². The van der Waals surface area contributed by atoms with E-state index in [4.69, 9.17) is 10.5 Å². The summed E-state index contributed by atoms with van der Waals surface area (Å²) < 4.78 is 5.50. The predicted octanol–water partition coefficient (Wildman–Crippen LogP) is 7.29. The highest BCUT2D eigenvalue weighted by atomic mass is 16.5. The third-order valence-electron chi connectivity index (χ3n) is 13.3. The molecule has 0 aromatic carbocycles. The monoisotopic (exact) mass is 469 g/mol. The van der Waals surface area contributed by atoms with Gasteiger partial charge in [-0.3, -0.25) is 4.79 Å². The SMILES string of the molecule is COC(=O)[C@]12CCC(C)(C)C[C@H]1C1=CC[C@@H]3[C@@]4(C)CC[C@H](N)C(C)(C)[C@@H]4CC[C@@]3(C)[C@]1(C)CC2. The second-order valence-corrected chi connectivity index (χ2v) is 15.3. The van der Waals surface area contributed by atoms with Crippen LogP contribution in [0.2, 0.25) is 0 Å². The van der Waals surface area contributed by atoms with Crippen molar-refractivity contribution < 1.29 is 9.53 Å². The van der Waals surface area contributed by atoms with Crippen molar-refractivity contribution >= 4 is 5.97 Å². The van der Waals surface area contributed by atoms with E-state index < -0.39 is 0 Å². The molecule has 5 aliphatic rings. The van der Waals surface area contributed by atoms with E-state index in [1.54, 1.807) is 12.7 Å². The number of rotatable bonds is 1. The molecule has 0 saturated heterocycles. The minimum atomic E-state index is -0.306. The van der Waals surface area contributed by atoms with E-state index in [1.807, 2.05) is 0 Å². The number of esters is 1. The lowest BCUT2D eigenvalue weighted by molar-refractivity contribution is -0.191. The summed E-state index contributed by atoms with van der Waals surface area (Å²) in [6, 6.07) is 0.319. The molecule has 0 unspecified atom stereocenters. The van der Waals surface area contributed by atoms with E-state index in [0.717, 1.165) is 38.5 Å². The van der Waals surface area contributed by atoms with Gasteiger partial charge in [0, 0.05) is 6.04 Å². The molecule has 34 heavy (non-hydrogen) atoms. The summed E-state index contributed by atoms with van der Waals surface area (Å²) in [6.07, 6.45) is 14.2. The molecule has 192 valence electrons. The highest BCUT2D eigenvalue weighted by Crippen LogP contribution is 2.75. The van der Waals surface area contributed by atoms with Crippen LogP contribution in [0, 0.1) is 50.2 Å². The van der Waals surface area contributed by atoms with Crippen molar-refractivity contribution in [2.45, 2.75) is 119 Å². The quantitative estimate of drug-likeness (QED) is 0.324. The molecule has 0 aromatic rings. The van der Waals surface area contributed by atoms with Crippen LogP contribution in [0.25, 0.3) is 0 Å². The third kappa shape index (κ3) is 2.94. The van der Waals surface area contributed by atoms with Gasteiger partial charge in [0.05, 0.1) is 12.5 Å². The number of ether oxygens (including phenoxy) is 1. The van der Waals surface area contributed by atoms with Crippen LogP contribution in [0.1, 0.15) is 113 Å². The summed E-state index contributed by atoms with van der Waals surface area (Å²) in [7, 11) is 1.60. The molecule has 3 heteroatoms. The van der Waals surface area contributed by atoms with Gasteiger partial charge < -0.3 is 10.5 Å². The molecule has 4 fully saturated rings. The van der Waals surface area contributed by atoms with Crippen LogP contribution in [0.3, 0.4) is 0 Å². The number of hydrogen-bond acceptors (Lipinski definition) is 3. The van der Waals surface area contributed by atoms with Crippen LogP contribution >= 0.6 is 0 Å². The van der Waals surface area contributed by atoms with Gasteiger partial charge in [0.2, 0.25) is 0 Å². The number of allylic oxidation sites excluding steroid dienone is 2. The van der Waals surface area contributed by atoms with Crippen LogP contribution in [0.4, 0.5) is 0 Å². The first-order chi connectivity index (χ1) is 15.7. The Kier molecular flexibility index (Phi) is 5.38. The summed E-state index contributed by atoms with van der Waals surface area (Å²) >= 11 is 0. The minimum Gasteiger partial charge on any atom is -0.469 e. The summed E-state index contributed by atoms with van der Waals surface area (Å²) in [4.78, 5) is 13.4. The molecule has 4 saturated carbocycles. The highest BCUT2D eigenvalue weighted by Gasteiger charge is 2.69. The molecule has 2 N–H and O–H groups in total. The maximum atomic E-state index is 13.4. The van der Waals surface area contributed by atoms with E-state index in [-0.39, 0.29) is 33.0 Å². The minimum absolute atomic E-state index is 0.0573. The molecule has 0 heterocycles. The van der Waals surface area contributed by atoms with Crippen molar-refractivity contribution in [2.75, 3.05) is 7.11 Å². The zero-order valence-corrected chi connectivity index (χ0v) is 23.4. The number of carbonyl (C=O) groups is 1. The summed E-state index contributed by atoms with van der Waals surface area (Å²) in [6.45, 7) is 17.6. The van der Waals surface area contributed by atoms with Crippen molar-refractivity contribution in [3.63, 3.8) is 0 Å². The van der Waals surface area contributed by atoms with Crippen molar-refractivity contribution in [1.82, 2.24) is 0 Å². The summed E-state index contributed by atoms with van der Waals surface area (Å²) in [5.74, 6) is 1.79. The van der Waals surface area contributed by atoms with Crippen molar-refractivity contribution in [2.24, 2.45) is 56.0 Å². The van der Waals surface area contributed by atoms with Crippen molar-refractivity contribution in [3.05, 3.63) is 11.6 Å². The fourth-order valence-electron chi connectivity index (χ4n) is 10.8. The average molecular weight is 470 g/mol. The maximum Gasteiger partial charge on any atom is 0.312 e. The predicted molar refractivity (Wildman–Crippen MR) is 139 cm³/mol. The average Bonchev–Trinajstić information content (AvgIpc) is 2.76. The van der Waals surface area contributed by atoms with Crippen molar-refractivity contribution in [1.29, 1.82) is 0 Å². The first-order valence-electron chi connectivity index (χ1n) is 14.2. The Labute approximate surface area is 209 Å². The fourth-order valence-corrected chi connectivity index (χ4v) is 10.8. The molecule has 5 aliphatic carbocycles. The first kappa shape index (κ1) is 24.8. The van der Waals surface area contributed by atoms with Crippen LogP contribution in [0.5, 0.6) is 0 Å². The van der Waals surface area contributed by atoms with E-state index in [0.29, 0.717) is 29.2 Å². The summed E-state index contributed by atoms with van der Waals surface area (Å²) in [5.41, 5.74) is 9.32. The second-order valence-electron chi connectivity index (χ2n) is 15.3. The summed E-state index contributed by atoms with van der Waals surface area (Å²) in [5, 5.41) is 0. The van der Waals surface area contributed by atoms with Crippen LogP contribution in [-0.2, 0) is 9.53 Å². The van der Waals surface area contributed by atoms with Gasteiger partial charge in [-0.15, -0.1) is 0 Å².